The lowest BCUT2D eigenvalue weighted by molar-refractivity contribution is -0.129. The number of nitrogens with one attached hydrogen (secondary N) is 1. The van der Waals surface area contributed by atoms with E-state index in [0.717, 1.165) is 5.56 Å². The van der Waals surface area contributed by atoms with Crippen LogP contribution in [0.4, 0.5) is 0 Å². The van der Waals surface area contributed by atoms with Crippen molar-refractivity contribution < 1.29 is 23.6 Å². The van der Waals surface area contributed by atoms with Crippen molar-refractivity contribution >= 4 is 11.8 Å². The van der Waals surface area contributed by atoms with Crippen molar-refractivity contribution in [3.05, 3.63) is 35.5 Å². The van der Waals surface area contributed by atoms with E-state index in [4.69, 9.17) is 14.0 Å². The van der Waals surface area contributed by atoms with Gasteiger partial charge in [-0.1, -0.05) is 11.2 Å². The largest absolute Gasteiger partial charge is 0.493 e. The maximum atomic E-state index is 12.9. The van der Waals surface area contributed by atoms with Crippen molar-refractivity contribution in [3.63, 3.8) is 0 Å². The number of aryl methyl sites for hydroxylation is 1. The molecule has 9 nitrogen and oxygen atoms in total. The predicted octanol–water partition coefficient (Wildman–Crippen LogP) is 1.62. The third-order valence-corrected chi connectivity index (χ3v) is 4.84. The fourth-order valence-electron chi connectivity index (χ4n) is 3.55. The standard InChI is InChI=1S/C19H24N4O5/c1-5-23-17(24)9-13(19(25)20-10-16-21-11(2)22-28-16)18(23)12-6-7-14(26-3)15(8-12)27-4/h6-8,13,18H,5,9-10H2,1-4H3,(H,20,25)/t13-,18+/m1/s1. The molecule has 0 aliphatic carbocycles. The first-order chi connectivity index (χ1) is 13.5. The molecule has 1 aliphatic heterocycles. The summed E-state index contributed by atoms with van der Waals surface area (Å²) in [6.45, 7) is 4.23. The van der Waals surface area contributed by atoms with E-state index in [2.05, 4.69) is 15.5 Å². The lowest BCUT2D eigenvalue weighted by Gasteiger charge is -2.27. The molecule has 0 saturated carbocycles. The van der Waals surface area contributed by atoms with Crippen molar-refractivity contribution in [3.8, 4) is 11.5 Å². The Bertz CT molecular complexity index is 866. The van der Waals surface area contributed by atoms with Gasteiger partial charge in [0.05, 0.1) is 32.7 Å². The third kappa shape index (κ3) is 3.78. The first-order valence-corrected chi connectivity index (χ1v) is 9.06. The normalized spacial score (nSPS) is 19.0. The number of carbonyl (C=O) groups excluding carboxylic acids is 2. The van der Waals surface area contributed by atoms with Gasteiger partial charge in [0.15, 0.2) is 17.3 Å². The van der Waals surface area contributed by atoms with Crippen LogP contribution in [0.3, 0.4) is 0 Å². The fraction of sp³-hybridized carbons (Fsp3) is 0.474. The molecule has 1 aromatic heterocycles. The van der Waals surface area contributed by atoms with Crippen LogP contribution < -0.4 is 14.8 Å². The van der Waals surface area contributed by atoms with Gasteiger partial charge < -0.3 is 24.2 Å². The highest BCUT2D eigenvalue weighted by Crippen LogP contribution is 2.41. The number of rotatable bonds is 7. The van der Waals surface area contributed by atoms with E-state index in [9.17, 15) is 9.59 Å². The van der Waals surface area contributed by atoms with E-state index in [1.54, 1.807) is 32.1 Å². The molecule has 2 amide bonds. The number of ether oxygens (including phenoxy) is 2. The lowest BCUT2D eigenvalue weighted by atomic mass is 9.92. The zero-order valence-electron chi connectivity index (χ0n) is 16.4. The molecule has 0 spiro atoms. The number of methoxy groups -OCH3 is 2. The number of benzene rings is 1. The smallest absolute Gasteiger partial charge is 0.246 e. The first kappa shape index (κ1) is 19.7. The number of amides is 2. The highest BCUT2D eigenvalue weighted by atomic mass is 16.5. The summed E-state index contributed by atoms with van der Waals surface area (Å²) in [6.07, 6.45) is 0.140. The molecule has 3 rings (SSSR count). The average molecular weight is 388 g/mol. The van der Waals surface area contributed by atoms with Crippen LogP contribution in [0.5, 0.6) is 11.5 Å². The Labute approximate surface area is 163 Å². The molecule has 28 heavy (non-hydrogen) atoms. The number of aromatic nitrogens is 2. The van der Waals surface area contributed by atoms with Gasteiger partial charge in [-0.3, -0.25) is 9.59 Å². The summed E-state index contributed by atoms with van der Waals surface area (Å²) in [5, 5.41) is 6.50. The zero-order chi connectivity index (χ0) is 20.3. The van der Waals surface area contributed by atoms with Crippen LogP contribution in [-0.4, -0.2) is 47.6 Å². The van der Waals surface area contributed by atoms with Gasteiger partial charge in [0, 0.05) is 13.0 Å². The Morgan fingerprint density at radius 1 is 1.32 bits per heavy atom. The second-order valence-electron chi connectivity index (χ2n) is 6.50. The Kier molecular flexibility index (Phi) is 5.81. The maximum absolute atomic E-state index is 12.9. The molecule has 9 heteroatoms. The van der Waals surface area contributed by atoms with Crippen molar-refractivity contribution in [1.82, 2.24) is 20.4 Å². The minimum atomic E-state index is -0.533. The zero-order valence-corrected chi connectivity index (χ0v) is 16.4. The summed E-state index contributed by atoms with van der Waals surface area (Å²) in [4.78, 5) is 31.2. The molecule has 0 bridgehead atoms. The molecule has 2 heterocycles. The molecule has 1 N–H and O–H groups in total. The highest BCUT2D eigenvalue weighted by Gasteiger charge is 2.44. The van der Waals surface area contributed by atoms with E-state index >= 15 is 0 Å². The van der Waals surface area contributed by atoms with Crippen LogP contribution in [0.15, 0.2) is 22.7 Å². The quantitative estimate of drug-likeness (QED) is 0.768. The summed E-state index contributed by atoms with van der Waals surface area (Å²) in [5.74, 6) is 1.14. The molecule has 1 aromatic carbocycles. The lowest BCUT2D eigenvalue weighted by Crippen LogP contribution is -2.35. The summed E-state index contributed by atoms with van der Waals surface area (Å²) in [5.41, 5.74) is 0.819. The Balaban J connectivity index is 1.84. The van der Waals surface area contributed by atoms with E-state index in [1.807, 2.05) is 19.1 Å². The van der Waals surface area contributed by atoms with Gasteiger partial charge in [-0.05, 0) is 31.5 Å². The molecular formula is C19H24N4O5. The third-order valence-electron chi connectivity index (χ3n) is 4.84. The Hall–Kier alpha value is -3.10. The molecule has 150 valence electrons. The molecule has 0 unspecified atom stereocenters. The van der Waals surface area contributed by atoms with Crippen molar-refractivity contribution in [2.75, 3.05) is 20.8 Å². The maximum Gasteiger partial charge on any atom is 0.246 e. The van der Waals surface area contributed by atoms with Gasteiger partial charge >= 0.3 is 0 Å². The van der Waals surface area contributed by atoms with Gasteiger partial charge in [-0.2, -0.15) is 4.98 Å². The van der Waals surface area contributed by atoms with Gasteiger partial charge in [-0.15, -0.1) is 0 Å². The van der Waals surface area contributed by atoms with Crippen molar-refractivity contribution in [2.24, 2.45) is 5.92 Å². The summed E-state index contributed by atoms with van der Waals surface area (Å²) < 4.78 is 15.7. The summed E-state index contributed by atoms with van der Waals surface area (Å²) in [6, 6.07) is 5.06. The first-order valence-electron chi connectivity index (χ1n) is 9.06. The van der Waals surface area contributed by atoms with E-state index in [-0.39, 0.29) is 30.8 Å². The highest BCUT2D eigenvalue weighted by molar-refractivity contribution is 5.90. The molecule has 1 fully saturated rings. The minimum absolute atomic E-state index is 0.0592. The number of likely N-dealkylation sites (tertiary alicyclic amines) is 1. The average Bonchev–Trinajstić information content (AvgIpc) is 3.27. The molecule has 2 atom stereocenters. The van der Waals surface area contributed by atoms with Gasteiger partial charge in [0.1, 0.15) is 0 Å². The topological polar surface area (TPSA) is 107 Å². The number of hydrogen-bond acceptors (Lipinski definition) is 7. The van der Waals surface area contributed by atoms with Gasteiger partial charge in [-0.25, -0.2) is 0 Å². The fourth-order valence-corrected chi connectivity index (χ4v) is 3.55. The Morgan fingerprint density at radius 3 is 2.68 bits per heavy atom. The minimum Gasteiger partial charge on any atom is -0.493 e. The van der Waals surface area contributed by atoms with Crippen molar-refractivity contribution in [1.29, 1.82) is 0 Å². The van der Waals surface area contributed by atoms with Gasteiger partial charge in [0.2, 0.25) is 17.7 Å². The number of hydrogen-bond donors (Lipinski definition) is 1. The predicted molar refractivity (Wildman–Crippen MR) is 98.7 cm³/mol. The Morgan fingerprint density at radius 2 is 2.07 bits per heavy atom. The monoisotopic (exact) mass is 388 g/mol. The summed E-state index contributed by atoms with van der Waals surface area (Å²) in [7, 11) is 3.11. The van der Waals surface area contributed by atoms with Crippen molar-refractivity contribution in [2.45, 2.75) is 32.9 Å². The van der Waals surface area contributed by atoms with Crippen LogP contribution in [-0.2, 0) is 16.1 Å². The summed E-state index contributed by atoms with van der Waals surface area (Å²) >= 11 is 0. The van der Waals surface area contributed by atoms with Crippen LogP contribution in [0.25, 0.3) is 0 Å². The molecule has 1 aliphatic rings. The van der Waals surface area contributed by atoms with E-state index in [1.165, 1.54) is 0 Å². The van der Waals surface area contributed by atoms with E-state index < -0.39 is 5.92 Å². The van der Waals surface area contributed by atoms with Crippen LogP contribution >= 0.6 is 0 Å². The van der Waals surface area contributed by atoms with Crippen LogP contribution in [0.2, 0.25) is 0 Å². The second kappa shape index (κ2) is 8.28. The van der Waals surface area contributed by atoms with Crippen LogP contribution in [0, 0.1) is 12.8 Å². The van der Waals surface area contributed by atoms with Gasteiger partial charge in [0.25, 0.3) is 0 Å². The molecule has 0 radical (unpaired) electrons. The number of nitrogens with zero attached hydrogens (tertiary/aromatic N) is 3. The molecule has 1 saturated heterocycles. The molecule has 2 aromatic rings. The number of carbonyl (C=O) groups is 2. The SMILES string of the molecule is CCN1C(=O)C[C@@H](C(=O)NCc2nc(C)no2)[C@@H]1c1ccc(OC)c(OC)c1. The van der Waals surface area contributed by atoms with Crippen LogP contribution in [0.1, 0.15) is 36.7 Å². The van der Waals surface area contributed by atoms with E-state index in [0.29, 0.717) is 29.8 Å². The molecular weight excluding hydrogens is 364 g/mol. The second-order valence-corrected chi connectivity index (χ2v) is 6.50.